The highest BCUT2D eigenvalue weighted by atomic mass is 32.2. The number of carbonyl (C=O) groups is 2. The largest absolute Gasteiger partial charge is 0.457 e. The molecule has 0 unspecified atom stereocenters. The summed E-state index contributed by atoms with van der Waals surface area (Å²) in [7, 11) is -3.66. The molecule has 0 N–H and O–H groups in total. The smallest absolute Gasteiger partial charge is 0.266 e. The third-order valence-corrected chi connectivity index (χ3v) is 11.0. The number of carbonyl (C=O) groups excluding carboxylic acids is 2. The summed E-state index contributed by atoms with van der Waals surface area (Å²) in [6.45, 7) is 8.35. The van der Waals surface area contributed by atoms with Gasteiger partial charge in [-0.3, -0.25) is 9.59 Å². The summed E-state index contributed by atoms with van der Waals surface area (Å²) < 4.78 is 38.0. The lowest BCUT2D eigenvalue weighted by Crippen LogP contribution is -2.29. The molecule has 254 valence electrons. The third-order valence-electron chi connectivity index (χ3n) is 9.24. The first-order chi connectivity index (χ1) is 24.4. The minimum Gasteiger partial charge on any atom is -0.457 e. The number of benzene rings is 6. The van der Waals surface area contributed by atoms with Gasteiger partial charge in [0.1, 0.15) is 23.0 Å². The van der Waals surface area contributed by atoms with Gasteiger partial charge >= 0.3 is 0 Å². The van der Waals surface area contributed by atoms with Crippen molar-refractivity contribution in [1.29, 1.82) is 0 Å². The number of anilines is 1. The standard InChI is InChI=1S/C43H35NO6S/c1-28-5-9-30(10-6-28)43(3,4)31-11-15-33(16-12-31)50-36-21-26-39-40(27-36)42(46)44(41(39)45)32-13-17-34(18-14-32)49-35-19-24-38(25-20-35)51(47,48)37-22-7-29(2)8-23-37/h5-27H,1-4H3. The molecule has 7 rings (SSSR count). The summed E-state index contributed by atoms with van der Waals surface area (Å²) in [6, 6.07) is 40.7. The molecule has 1 aliphatic rings. The van der Waals surface area contributed by atoms with Gasteiger partial charge in [-0.05, 0) is 116 Å². The van der Waals surface area contributed by atoms with E-state index < -0.39 is 21.7 Å². The van der Waals surface area contributed by atoms with Gasteiger partial charge < -0.3 is 9.47 Å². The maximum absolute atomic E-state index is 13.5. The minimum atomic E-state index is -3.66. The van der Waals surface area contributed by atoms with E-state index in [0.717, 1.165) is 16.0 Å². The van der Waals surface area contributed by atoms with Crippen LogP contribution < -0.4 is 14.4 Å². The predicted octanol–water partition coefficient (Wildman–Crippen LogP) is 9.85. The van der Waals surface area contributed by atoms with Crippen molar-refractivity contribution >= 4 is 27.3 Å². The quantitative estimate of drug-likeness (QED) is 0.140. The molecule has 7 nitrogen and oxygen atoms in total. The van der Waals surface area contributed by atoms with Crippen LogP contribution in [0, 0.1) is 13.8 Å². The molecule has 1 aliphatic heterocycles. The molecule has 0 saturated carbocycles. The summed E-state index contributed by atoms with van der Waals surface area (Å²) in [5.41, 5.74) is 5.30. The SMILES string of the molecule is Cc1ccc(C(C)(C)c2ccc(Oc3ccc4c(c3)C(=O)N(c3ccc(Oc5ccc(S(=O)(=O)c6ccc(C)cc6)cc5)cc3)C4=O)cc2)cc1. The molecule has 6 aromatic carbocycles. The molecular weight excluding hydrogens is 659 g/mol. The fourth-order valence-corrected chi connectivity index (χ4v) is 7.33. The molecule has 1 heterocycles. The van der Waals surface area contributed by atoms with Gasteiger partial charge in [0.2, 0.25) is 9.84 Å². The number of aryl methyl sites for hydroxylation is 2. The average molecular weight is 694 g/mol. The number of fused-ring (bicyclic) bond motifs is 1. The number of amides is 2. The van der Waals surface area contributed by atoms with E-state index >= 15 is 0 Å². The highest BCUT2D eigenvalue weighted by molar-refractivity contribution is 7.91. The van der Waals surface area contributed by atoms with E-state index in [0.29, 0.717) is 34.2 Å². The number of hydrogen-bond donors (Lipinski definition) is 0. The number of sulfone groups is 1. The second-order valence-corrected chi connectivity index (χ2v) is 15.1. The maximum atomic E-state index is 13.5. The van der Waals surface area contributed by atoms with Crippen molar-refractivity contribution in [3.63, 3.8) is 0 Å². The van der Waals surface area contributed by atoms with E-state index in [1.54, 1.807) is 78.9 Å². The van der Waals surface area contributed by atoms with E-state index in [1.807, 2.05) is 31.2 Å². The Hall–Kier alpha value is -5.99. The van der Waals surface area contributed by atoms with Crippen molar-refractivity contribution in [3.8, 4) is 23.0 Å². The fourth-order valence-electron chi connectivity index (χ4n) is 6.07. The van der Waals surface area contributed by atoms with Crippen LogP contribution in [0.4, 0.5) is 5.69 Å². The van der Waals surface area contributed by atoms with E-state index in [-0.39, 0.29) is 20.8 Å². The minimum absolute atomic E-state index is 0.157. The topological polar surface area (TPSA) is 90.0 Å². The molecule has 0 spiro atoms. The zero-order chi connectivity index (χ0) is 35.9. The van der Waals surface area contributed by atoms with Gasteiger partial charge in [-0.25, -0.2) is 13.3 Å². The van der Waals surface area contributed by atoms with Gasteiger partial charge in [-0.1, -0.05) is 73.5 Å². The van der Waals surface area contributed by atoms with E-state index in [4.69, 9.17) is 9.47 Å². The molecule has 0 aliphatic carbocycles. The Bertz CT molecular complexity index is 2360. The highest BCUT2D eigenvalue weighted by Crippen LogP contribution is 2.36. The maximum Gasteiger partial charge on any atom is 0.266 e. The second-order valence-electron chi connectivity index (χ2n) is 13.2. The van der Waals surface area contributed by atoms with Crippen LogP contribution in [-0.4, -0.2) is 20.2 Å². The fraction of sp³-hybridized carbons (Fsp3) is 0.116. The van der Waals surface area contributed by atoms with Gasteiger partial charge in [-0.15, -0.1) is 0 Å². The van der Waals surface area contributed by atoms with Crippen LogP contribution in [0.25, 0.3) is 0 Å². The number of ether oxygens (including phenoxy) is 2. The van der Waals surface area contributed by atoms with Crippen molar-refractivity contribution < 1.29 is 27.5 Å². The first-order valence-electron chi connectivity index (χ1n) is 16.5. The lowest BCUT2D eigenvalue weighted by Gasteiger charge is -2.26. The van der Waals surface area contributed by atoms with Crippen LogP contribution in [-0.2, 0) is 15.3 Å². The Morgan fingerprint density at radius 2 is 0.882 bits per heavy atom. The molecule has 2 amide bonds. The van der Waals surface area contributed by atoms with Crippen molar-refractivity contribution in [3.05, 3.63) is 173 Å². The first kappa shape index (κ1) is 33.5. The van der Waals surface area contributed by atoms with Gasteiger partial charge in [0, 0.05) is 5.41 Å². The Morgan fingerprint density at radius 3 is 1.43 bits per heavy atom. The molecule has 0 saturated heterocycles. The summed E-state index contributed by atoms with van der Waals surface area (Å²) >= 11 is 0. The molecule has 51 heavy (non-hydrogen) atoms. The average Bonchev–Trinajstić information content (AvgIpc) is 3.37. The van der Waals surface area contributed by atoms with E-state index in [9.17, 15) is 18.0 Å². The lowest BCUT2D eigenvalue weighted by molar-refractivity contribution is 0.0926. The molecule has 0 radical (unpaired) electrons. The van der Waals surface area contributed by atoms with Crippen molar-refractivity contribution in [2.75, 3.05) is 4.90 Å². The molecule has 0 atom stereocenters. The predicted molar refractivity (Wildman–Crippen MR) is 197 cm³/mol. The number of nitrogens with zero attached hydrogens (tertiary/aromatic N) is 1. The molecule has 0 aromatic heterocycles. The van der Waals surface area contributed by atoms with Crippen molar-refractivity contribution in [2.24, 2.45) is 0 Å². The molecule has 8 heteroatoms. The van der Waals surface area contributed by atoms with Crippen LogP contribution in [0.5, 0.6) is 23.0 Å². The zero-order valence-electron chi connectivity index (χ0n) is 28.6. The second kappa shape index (κ2) is 13.0. The van der Waals surface area contributed by atoms with Crippen LogP contribution in [0.2, 0.25) is 0 Å². The number of hydrogen-bond acceptors (Lipinski definition) is 6. The van der Waals surface area contributed by atoms with E-state index in [1.165, 1.54) is 23.3 Å². The Balaban J connectivity index is 1.02. The van der Waals surface area contributed by atoms with Crippen LogP contribution >= 0.6 is 0 Å². The number of imide groups is 1. The summed E-state index contributed by atoms with van der Waals surface area (Å²) in [4.78, 5) is 28.3. The van der Waals surface area contributed by atoms with Crippen LogP contribution in [0.1, 0.15) is 56.8 Å². The van der Waals surface area contributed by atoms with E-state index in [2.05, 4.69) is 45.0 Å². The van der Waals surface area contributed by atoms with Gasteiger partial charge in [0.25, 0.3) is 11.8 Å². The summed E-state index contributed by atoms with van der Waals surface area (Å²) in [5.74, 6) is 1.07. The summed E-state index contributed by atoms with van der Waals surface area (Å²) in [5, 5.41) is 0. The van der Waals surface area contributed by atoms with Crippen molar-refractivity contribution in [1.82, 2.24) is 0 Å². The lowest BCUT2D eigenvalue weighted by atomic mass is 9.78. The Labute approximate surface area is 297 Å². The molecular formula is C43H35NO6S. The van der Waals surface area contributed by atoms with Crippen LogP contribution in [0.3, 0.4) is 0 Å². The summed E-state index contributed by atoms with van der Waals surface area (Å²) in [6.07, 6.45) is 0. The molecule has 0 fully saturated rings. The van der Waals surface area contributed by atoms with Crippen molar-refractivity contribution in [2.45, 2.75) is 42.9 Å². The molecule has 0 bridgehead atoms. The third kappa shape index (κ3) is 6.54. The Morgan fingerprint density at radius 1 is 0.490 bits per heavy atom. The van der Waals surface area contributed by atoms with Gasteiger partial charge in [0.05, 0.1) is 26.6 Å². The van der Waals surface area contributed by atoms with Crippen LogP contribution in [0.15, 0.2) is 149 Å². The molecule has 6 aromatic rings. The normalized spacial score (nSPS) is 12.9. The van der Waals surface area contributed by atoms with Gasteiger partial charge in [0.15, 0.2) is 0 Å². The Kier molecular flexibility index (Phi) is 8.57. The zero-order valence-corrected chi connectivity index (χ0v) is 29.4. The number of rotatable bonds is 9. The monoisotopic (exact) mass is 693 g/mol. The van der Waals surface area contributed by atoms with Gasteiger partial charge in [-0.2, -0.15) is 0 Å². The first-order valence-corrected chi connectivity index (χ1v) is 18.0. The highest BCUT2D eigenvalue weighted by Gasteiger charge is 2.37.